The normalized spacial score (nSPS) is 13.5. The Morgan fingerprint density at radius 3 is 2.94 bits per heavy atom. The molecule has 5 heterocycles. The van der Waals surface area contributed by atoms with Gasteiger partial charge < -0.3 is 9.88 Å². The monoisotopic (exact) mass is 442 g/mol. The maximum Gasteiger partial charge on any atom is 0.280 e. The minimum atomic E-state index is -0.130. The highest BCUT2D eigenvalue weighted by molar-refractivity contribution is 5.98. The maximum absolute atomic E-state index is 13.1. The first-order chi connectivity index (χ1) is 16.0. The summed E-state index contributed by atoms with van der Waals surface area (Å²) in [5, 5.41) is 4.48. The lowest BCUT2D eigenvalue weighted by molar-refractivity contribution is 0.0816. The molecule has 0 atom stereocenters. The number of hydrogen-bond acceptors (Lipinski definition) is 5. The van der Waals surface area contributed by atoms with Crippen molar-refractivity contribution in [3.8, 4) is 11.4 Å². The van der Waals surface area contributed by atoms with E-state index in [1.54, 1.807) is 21.9 Å². The van der Waals surface area contributed by atoms with E-state index in [-0.39, 0.29) is 11.5 Å². The van der Waals surface area contributed by atoms with Gasteiger partial charge in [0, 0.05) is 44.3 Å². The van der Waals surface area contributed by atoms with E-state index in [2.05, 4.69) is 26.1 Å². The number of carbonyl (C=O) groups excluding carboxylic acids is 1. The van der Waals surface area contributed by atoms with Crippen molar-refractivity contribution < 1.29 is 4.79 Å². The van der Waals surface area contributed by atoms with Gasteiger partial charge in [-0.05, 0) is 23.6 Å². The van der Waals surface area contributed by atoms with Crippen LogP contribution in [0.15, 0.2) is 47.8 Å². The Kier molecular flexibility index (Phi) is 4.22. The lowest BCUT2D eigenvalue weighted by atomic mass is 10.1. The van der Waals surface area contributed by atoms with Crippen molar-refractivity contribution in [1.82, 2.24) is 38.6 Å². The van der Waals surface area contributed by atoms with Crippen molar-refractivity contribution in [2.75, 3.05) is 7.05 Å². The van der Waals surface area contributed by atoms with Gasteiger partial charge in [0.15, 0.2) is 11.2 Å². The SMILES string of the molecule is CCCn1c(=O)c2[nH]c(-c3cnn(Cc4ccc5c(c4)CN(C)C5=O)c3)nc2n2ccnc12. The molecule has 0 aliphatic carbocycles. The van der Waals surface area contributed by atoms with Crippen LogP contribution in [0, 0.1) is 0 Å². The molecule has 33 heavy (non-hydrogen) atoms. The molecular weight excluding hydrogens is 420 g/mol. The van der Waals surface area contributed by atoms with Gasteiger partial charge in [0.05, 0.1) is 18.3 Å². The fraction of sp³-hybridized carbons (Fsp3) is 0.261. The fourth-order valence-corrected chi connectivity index (χ4v) is 4.51. The summed E-state index contributed by atoms with van der Waals surface area (Å²) in [6.07, 6.45) is 7.95. The minimum absolute atomic E-state index is 0.0628. The van der Waals surface area contributed by atoms with Crippen LogP contribution in [0.5, 0.6) is 0 Å². The minimum Gasteiger partial charge on any atom is -0.337 e. The summed E-state index contributed by atoms with van der Waals surface area (Å²) >= 11 is 0. The number of hydrogen-bond donors (Lipinski definition) is 1. The molecule has 1 aromatic carbocycles. The quantitative estimate of drug-likeness (QED) is 0.450. The molecule has 6 rings (SSSR count). The first kappa shape index (κ1) is 19.5. The molecule has 0 fully saturated rings. The van der Waals surface area contributed by atoms with E-state index in [1.165, 1.54) is 0 Å². The van der Waals surface area contributed by atoms with Crippen LogP contribution in [0.1, 0.15) is 34.8 Å². The van der Waals surface area contributed by atoms with Crippen molar-refractivity contribution in [2.24, 2.45) is 0 Å². The molecular formula is C23H22N8O2. The highest BCUT2D eigenvalue weighted by Gasteiger charge is 2.24. The molecule has 4 aromatic heterocycles. The van der Waals surface area contributed by atoms with E-state index in [1.807, 2.05) is 47.6 Å². The molecule has 1 N–H and O–H groups in total. The van der Waals surface area contributed by atoms with E-state index in [0.29, 0.717) is 42.4 Å². The smallest absolute Gasteiger partial charge is 0.280 e. The van der Waals surface area contributed by atoms with Crippen molar-refractivity contribution in [2.45, 2.75) is 33.0 Å². The molecule has 1 aliphatic heterocycles. The summed E-state index contributed by atoms with van der Waals surface area (Å²) in [6, 6.07) is 5.91. The number of rotatable bonds is 5. The molecule has 0 radical (unpaired) electrons. The summed E-state index contributed by atoms with van der Waals surface area (Å²) in [5.74, 6) is 1.23. The Bertz CT molecular complexity index is 1600. The lowest BCUT2D eigenvalue weighted by Crippen LogP contribution is -2.23. The van der Waals surface area contributed by atoms with Crippen LogP contribution < -0.4 is 5.56 Å². The zero-order valence-electron chi connectivity index (χ0n) is 18.3. The Morgan fingerprint density at radius 1 is 1.21 bits per heavy atom. The van der Waals surface area contributed by atoms with E-state index in [9.17, 15) is 9.59 Å². The van der Waals surface area contributed by atoms with Gasteiger partial charge in [0.25, 0.3) is 11.5 Å². The standard InChI is InChI=1S/C23H22N8O2/c1-3-7-31-22(33)18-20(30-8-6-24-23(30)31)27-19(26-18)16-10-25-29(13-16)11-14-4-5-17-15(9-14)12-28(2)21(17)32/h4-6,8-10,13H,3,7,11-12H2,1-2H3,(H,26,27). The molecule has 166 valence electrons. The third kappa shape index (κ3) is 2.98. The van der Waals surface area contributed by atoms with Gasteiger partial charge in [-0.15, -0.1) is 0 Å². The van der Waals surface area contributed by atoms with Crippen LogP contribution in [-0.2, 0) is 19.6 Å². The third-order valence-electron chi connectivity index (χ3n) is 6.09. The second kappa shape index (κ2) is 7.16. The van der Waals surface area contributed by atoms with E-state index in [0.717, 1.165) is 28.7 Å². The van der Waals surface area contributed by atoms with Crippen LogP contribution >= 0.6 is 0 Å². The fourth-order valence-electron chi connectivity index (χ4n) is 4.51. The number of benzene rings is 1. The van der Waals surface area contributed by atoms with Crippen LogP contribution in [0.2, 0.25) is 0 Å². The van der Waals surface area contributed by atoms with E-state index in [4.69, 9.17) is 0 Å². The molecule has 0 saturated carbocycles. The van der Waals surface area contributed by atoms with Gasteiger partial charge in [0.1, 0.15) is 5.82 Å². The average molecular weight is 442 g/mol. The summed E-state index contributed by atoms with van der Waals surface area (Å²) in [4.78, 5) is 39.1. The number of aryl methyl sites for hydroxylation is 1. The molecule has 10 nitrogen and oxygen atoms in total. The lowest BCUT2D eigenvalue weighted by Gasteiger charge is -2.05. The molecule has 1 amide bonds. The van der Waals surface area contributed by atoms with Gasteiger partial charge >= 0.3 is 0 Å². The van der Waals surface area contributed by atoms with Crippen molar-refractivity contribution >= 4 is 22.8 Å². The molecule has 0 bridgehead atoms. The van der Waals surface area contributed by atoms with Gasteiger partial charge in [-0.1, -0.05) is 19.1 Å². The van der Waals surface area contributed by atoms with Crippen LogP contribution in [-0.4, -0.2) is 51.6 Å². The maximum atomic E-state index is 13.1. The predicted molar refractivity (Wildman–Crippen MR) is 122 cm³/mol. The molecule has 5 aromatic rings. The summed E-state index contributed by atoms with van der Waals surface area (Å²) in [7, 11) is 1.81. The average Bonchev–Trinajstić information content (AvgIpc) is 3.58. The van der Waals surface area contributed by atoms with Gasteiger partial charge in [-0.3, -0.25) is 23.2 Å². The Hall–Kier alpha value is -4.21. The number of H-pyrrole nitrogens is 1. The summed E-state index contributed by atoms with van der Waals surface area (Å²) in [6.45, 7) is 3.81. The number of fused-ring (bicyclic) bond motifs is 4. The number of nitrogens with zero attached hydrogens (tertiary/aromatic N) is 7. The number of aromatic amines is 1. The predicted octanol–water partition coefficient (Wildman–Crippen LogP) is 2.28. The molecule has 10 heteroatoms. The van der Waals surface area contributed by atoms with Crippen LogP contribution in [0.4, 0.5) is 0 Å². The number of nitrogens with one attached hydrogen (secondary N) is 1. The summed E-state index contributed by atoms with van der Waals surface area (Å²) < 4.78 is 5.33. The van der Waals surface area contributed by atoms with Gasteiger partial charge in [0.2, 0.25) is 5.78 Å². The Balaban J connectivity index is 1.35. The van der Waals surface area contributed by atoms with Crippen molar-refractivity contribution in [1.29, 1.82) is 0 Å². The second-order valence-corrected chi connectivity index (χ2v) is 8.42. The first-order valence-electron chi connectivity index (χ1n) is 10.9. The Morgan fingerprint density at radius 2 is 2.09 bits per heavy atom. The van der Waals surface area contributed by atoms with Gasteiger partial charge in [-0.25, -0.2) is 9.97 Å². The molecule has 0 saturated heterocycles. The zero-order chi connectivity index (χ0) is 22.7. The van der Waals surface area contributed by atoms with Crippen LogP contribution in [0.3, 0.4) is 0 Å². The van der Waals surface area contributed by atoms with Gasteiger partial charge in [-0.2, -0.15) is 5.10 Å². The molecule has 1 aliphatic rings. The number of imidazole rings is 2. The van der Waals surface area contributed by atoms with E-state index < -0.39 is 0 Å². The second-order valence-electron chi connectivity index (χ2n) is 8.42. The Labute approximate surface area is 188 Å². The number of aromatic nitrogens is 7. The number of amides is 1. The third-order valence-corrected chi connectivity index (χ3v) is 6.09. The highest BCUT2D eigenvalue weighted by atomic mass is 16.2. The largest absolute Gasteiger partial charge is 0.337 e. The topological polar surface area (TPSA) is 106 Å². The van der Waals surface area contributed by atoms with Crippen molar-refractivity contribution in [3.63, 3.8) is 0 Å². The van der Waals surface area contributed by atoms with E-state index >= 15 is 0 Å². The zero-order valence-corrected chi connectivity index (χ0v) is 18.3. The highest BCUT2D eigenvalue weighted by Crippen LogP contribution is 2.24. The molecule has 0 unspecified atom stereocenters. The van der Waals surface area contributed by atoms with Crippen LogP contribution in [0.25, 0.3) is 28.3 Å². The first-order valence-corrected chi connectivity index (χ1v) is 10.9. The van der Waals surface area contributed by atoms with Crippen molar-refractivity contribution in [3.05, 3.63) is 70.0 Å². The molecule has 0 spiro atoms. The number of carbonyl (C=O) groups is 1. The summed E-state index contributed by atoms with van der Waals surface area (Å²) in [5.41, 5.74) is 4.53.